The first kappa shape index (κ1) is 21.9. The lowest BCUT2D eigenvalue weighted by Crippen LogP contribution is -2.53. The summed E-state index contributed by atoms with van der Waals surface area (Å²) in [6.07, 6.45) is 0.989. The second-order valence-corrected chi connectivity index (χ2v) is 9.87. The Kier molecular flexibility index (Phi) is 6.29. The highest BCUT2D eigenvalue weighted by atomic mass is 32.1. The van der Waals surface area contributed by atoms with Crippen molar-refractivity contribution in [1.82, 2.24) is 14.7 Å². The lowest BCUT2D eigenvalue weighted by Gasteiger charge is -2.39. The maximum absolute atomic E-state index is 13.3. The summed E-state index contributed by atoms with van der Waals surface area (Å²) in [6, 6.07) is 20.5. The molecule has 170 valence electrons. The van der Waals surface area contributed by atoms with Crippen LogP contribution in [0.2, 0.25) is 0 Å². The summed E-state index contributed by atoms with van der Waals surface area (Å²) in [5.41, 5.74) is 4.42. The van der Waals surface area contributed by atoms with Gasteiger partial charge < -0.3 is 9.80 Å². The van der Waals surface area contributed by atoms with Crippen LogP contribution in [0, 0.1) is 6.92 Å². The molecule has 0 saturated carbocycles. The van der Waals surface area contributed by atoms with Crippen LogP contribution in [-0.2, 0) is 11.2 Å². The van der Waals surface area contributed by atoms with Crippen molar-refractivity contribution in [3.05, 3.63) is 93.2 Å². The number of carbonyl (C=O) groups excluding carboxylic acids is 2. The van der Waals surface area contributed by atoms with E-state index in [2.05, 4.69) is 40.6 Å². The number of fused-ring (bicyclic) bond motifs is 1. The van der Waals surface area contributed by atoms with Crippen molar-refractivity contribution in [3.8, 4) is 0 Å². The van der Waals surface area contributed by atoms with E-state index in [0.717, 1.165) is 18.5 Å². The van der Waals surface area contributed by atoms with Crippen molar-refractivity contribution in [2.24, 2.45) is 0 Å². The fourth-order valence-electron chi connectivity index (χ4n) is 4.88. The Balaban J connectivity index is 1.23. The van der Waals surface area contributed by atoms with Crippen molar-refractivity contribution in [2.45, 2.75) is 19.4 Å². The number of rotatable bonds is 4. The van der Waals surface area contributed by atoms with Crippen molar-refractivity contribution < 1.29 is 9.59 Å². The summed E-state index contributed by atoms with van der Waals surface area (Å²) in [7, 11) is 0. The summed E-state index contributed by atoms with van der Waals surface area (Å²) in [5.74, 6) is 0.198. The molecule has 33 heavy (non-hydrogen) atoms. The highest BCUT2D eigenvalue weighted by Gasteiger charge is 2.32. The Labute approximate surface area is 199 Å². The van der Waals surface area contributed by atoms with E-state index in [-0.39, 0.29) is 17.9 Å². The predicted molar refractivity (Wildman–Crippen MR) is 132 cm³/mol. The van der Waals surface area contributed by atoms with Gasteiger partial charge in [-0.25, -0.2) is 0 Å². The van der Waals surface area contributed by atoms with Crippen LogP contribution in [0.15, 0.2) is 66.0 Å². The Hall–Kier alpha value is -2.96. The van der Waals surface area contributed by atoms with E-state index in [1.165, 1.54) is 16.0 Å². The van der Waals surface area contributed by atoms with Crippen LogP contribution in [0.4, 0.5) is 0 Å². The minimum Gasteiger partial charge on any atom is -0.338 e. The van der Waals surface area contributed by atoms with Gasteiger partial charge >= 0.3 is 0 Å². The molecule has 0 spiro atoms. The third-order valence-electron chi connectivity index (χ3n) is 6.74. The molecule has 1 atom stereocenters. The summed E-state index contributed by atoms with van der Waals surface area (Å²) in [4.78, 5) is 33.6. The molecule has 5 nitrogen and oxygen atoms in total. The van der Waals surface area contributed by atoms with Crippen LogP contribution >= 0.6 is 11.3 Å². The van der Waals surface area contributed by atoms with E-state index in [4.69, 9.17) is 0 Å². The highest BCUT2D eigenvalue weighted by Crippen LogP contribution is 2.37. The second kappa shape index (κ2) is 9.49. The summed E-state index contributed by atoms with van der Waals surface area (Å²) >= 11 is 1.82. The summed E-state index contributed by atoms with van der Waals surface area (Å²) in [6.45, 7) is 5.63. The molecule has 6 heteroatoms. The van der Waals surface area contributed by atoms with Gasteiger partial charge in [-0.3, -0.25) is 14.5 Å². The van der Waals surface area contributed by atoms with E-state index in [0.29, 0.717) is 38.3 Å². The second-order valence-electron chi connectivity index (χ2n) is 8.87. The molecule has 0 aliphatic carbocycles. The Bertz CT molecular complexity index is 1120. The lowest BCUT2D eigenvalue weighted by molar-refractivity contribution is -0.134. The smallest absolute Gasteiger partial charge is 0.253 e. The van der Waals surface area contributed by atoms with E-state index in [1.54, 1.807) is 0 Å². The van der Waals surface area contributed by atoms with Gasteiger partial charge in [-0.1, -0.05) is 48.0 Å². The minimum atomic E-state index is 0.0484. The molecule has 5 rings (SSSR count). The topological polar surface area (TPSA) is 43.9 Å². The van der Waals surface area contributed by atoms with Gasteiger partial charge in [-0.05, 0) is 48.1 Å². The molecule has 1 aromatic heterocycles. The van der Waals surface area contributed by atoms with E-state index in [1.807, 2.05) is 58.4 Å². The molecule has 2 amide bonds. The molecule has 1 saturated heterocycles. The van der Waals surface area contributed by atoms with Gasteiger partial charge in [-0.15, -0.1) is 11.3 Å². The van der Waals surface area contributed by atoms with Gasteiger partial charge in [0, 0.05) is 43.2 Å². The largest absolute Gasteiger partial charge is 0.338 e. The minimum absolute atomic E-state index is 0.0484. The van der Waals surface area contributed by atoms with Gasteiger partial charge in [0.05, 0.1) is 12.6 Å². The molecule has 0 radical (unpaired) electrons. The predicted octanol–water partition coefficient (Wildman–Crippen LogP) is 3.99. The lowest BCUT2D eigenvalue weighted by atomic mass is 9.93. The monoisotopic (exact) mass is 459 g/mol. The number of nitrogens with zero attached hydrogens (tertiary/aromatic N) is 3. The Morgan fingerprint density at radius 3 is 2.30 bits per heavy atom. The zero-order valence-electron chi connectivity index (χ0n) is 18.9. The fourth-order valence-corrected chi connectivity index (χ4v) is 5.78. The Morgan fingerprint density at radius 1 is 0.879 bits per heavy atom. The number of hydrogen-bond donors (Lipinski definition) is 0. The fraction of sp³-hybridized carbons (Fsp3) is 0.333. The molecule has 0 bridgehead atoms. The first-order valence-electron chi connectivity index (χ1n) is 11.6. The van der Waals surface area contributed by atoms with Crippen LogP contribution in [-0.4, -0.2) is 65.8 Å². The quantitative estimate of drug-likeness (QED) is 0.593. The van der Waals surface area contributed by atoms with E-state index >= 15 is 0 Å². The molecule has 1 fully saturated rings. The van der Waals surface area contributed by atoms with Gasteiger partial charge in [0.15, 0.2) is 0 Å². The molecule has 3 heterocycles. The number of piperazine rings is 1. The standard InChI is InChI=1S/C27H29N3O2S/c1-20-7-9-22(10-8-20)27(32)29-16-14-28(15-17-29)25(31)19-30-13-11-24-23(12-18-33-24)26(30)21-5-3-2-4-6-21/h2-10,12,18,26H,11,13-17,19H2,1H3/t26-/m1/s1. The van der Waals surface area contributed by atoms with E-state index < -0.39 is 0 Å². The number of carbonyl (C=O) groups is 2. The van der Waals surface area contributed by atoms with Crippen molar-refractivity contribution in [3.63, 3.8) is 0 Å². The third-order valence-corrected chi connectivity index (χ3v) is 7.73. The van der Waals surface area contributed by atoms with Crippen molar-refractivity contribution >= 4 is 23.2 Å². The first-order chi connectivity index (χ1) is 16.1. The maximum atomic E-state index is 13.3. The first-order valence-corrected chi connectivity index (χ1v) is 12.5. The van der Waals surface area contributed by atoms with Crippen molar-refractivity contribution in [1.29, 1.82) is 0 Å². The van der Waals surface area contributed by atoms with Crippen LogP contribution < -0.4 is 0 Å². The maximum Gasteiger partial charge on any atom is 0.253 e. The number of benzene rings is 2. The SMILES string of the molecule is Cc1ccc(C(=O)N2CCN(C(=O)CN3CCc4sccc4[C@H]3c3ccccc3)CC2)cc1. The average molecular weight is 460 g/mol. The molecule has 3 aromatic rings. The Morgan fingerprint density at radius 2 is 1.58 bits per heavy atom. The van der Waals surface area contributed by atoms with Gasteiger partial charge in [-0.2, -0.15) is 0 Å². The van der Waals surface area contributed by atoms with Crippen LogP contribution in [0.25, 0.3) is 0 Å². The van der Waals surface area contributed by atoms with E-state index in [9.17, 15) is 9.59 Å². The normalized spacial score (nSPS) is 18.8. The number of hydrogen-bond acceptors (Lipinski definition) is 4. The van der Waals surface area contributed by atoms with Crippen LogP contribution in [0.5, 0.6) is 0 Å². The van der Waals surface area contributed by atoms with Gasteiger partial charge in [0.25, 0.3) is 5.91 Å². The number of aryl methyl sites for hydroxylation is 1. The molecule has 2 aliphatic heterocycles. The average Bonchev–Trinajstić information content (AvgIpc) is 3.33. The zero-order chi connectivity index (χ0) is 22.8. The van der Waals surface area contributed by atoms with Crippen LogP contribution in [0.1, 0.15) is 38.0 Å². The molecular weight excluding hydrogens is 430 g/mol. The molecular formula is C27H29N3O2S. The molecule has 2 aliphatic rings. The third kappa shape index (κ3) is 4.59. The van der Waals surface area contributed by atoms with Crippen molar-refractivity contribution in [2.75, 3.05) is 39.3 Å². The zero-order valence-corrected chi connectivity index (χ0v) is 19.8. The van der Waals surface area contributed by atoms with Gasteiger partial charge in [0.1, 0.15) is 0 Å². The summed E-state index contributed by atoms with van der Waals surface area (Å²) < 4.78 is 0. The van der Waals surface area contributed by atoms with Crippen LogP contribution in [0.3, 0.4) is 0 Å². The highest BCUT2D eigenvalue weighted by molar-refractivity contribution is 7.10. The van der Waals surface area contributed by atoms with Gasteiger partial charge in [0.2, 0.25) is 5.91 Å². The number of amides is 2. The molecule has 0 N–H and O–H groups in total. The molecule has 0 unspecified atom stereocenters. The summed E-state index contributed by atoms with van der Waals surface area (Å²) in [5, 5.41) is 2.16. The molecule has 2 aromatic carbocycles. The number of thiophene rings is 1.